The normalized spacial score (nSPS) is 18.1. The van der Waals surface area contributed by atoms with Gasteiger partial charge in [0.15, 0.2) is 0 Å². The highest BCUT2D eigenvalue weighted by atomic mass is 35.5. The molecule has 2 aliphatic rings. The van der Waals surface area contributed by atoms with E-state index in [4.69, 9.17) is 26.2 Å². The zero-order valence-electron chi connectivity index (χ0n) is 21.6. The van der Waals surface area contributed by atoms with Crippen molar-refractivity contribution in [3.8, 4) is 5.75 Å². The second-order valence-corrected chi connectivity index (χ2v) is 10.4. The van der Waals surface area contributed by atoms with Crippen LogP contribution >= 0.6 is 11.6 Å². The van der Waals surface area contributed by atoms with Crippen molar-refractivity contribution in [1.29, 1.82) is 0 Å². The molecule has 2 aromatic carbocycles. The summed E-state index contributed by atoms with van der Waals surface area (Å²) in [6, 6.07) is 11.0. The van der Waals surface area contributed by atoms with Crippen molar-refractivity contribution in [3.63, 3.8) is 0 Å². The molecule has 2 aliphatic heterocycles. The van der Waals surface area contributed by atoms with Crippen LogP contribution in [0.25, 0.3) is 10.9 Å². The Labute approximate surface area is 231 Å². The summed E-state index contributed by atoms with van der Waals surface area (Å²) in [7, 11) is 0. The standard InChI is InChI=1S/C28H33ClN4O6/c29-20-3-1-18(2-4-20)11-31-28(37)24-16-33-15-22(13-30-12-21(35)17-34)39-25-10-19(9-23(26(25)33)27(24)36)14-32-5-7-38-8-6-32/h1-4,9-10,16,21-22,30,34-35H,5-8,11-15,17H2,(H,31,37). The maximum atomic E-state index is 13.6. The van der Waals surface area contributed by atoms with E-state index in [1.165, 1.54) is 0 Å². The largest absolute Gasteiger partial charge is 0.485 e. The lowest BCUT2D eigenvalue weighted by Gasteiger charge is -2.31. The smallest absolute Gasteiger partial charge is 0.257 e. The van der Waals surface area contributed by atoms with E-state index in [-0.39, 0.29) is 36.8 Å². The number of nitrogens with one attached hydrogen (secondary N) is 2. The molecule has 39 heavy (non-hydrogen) atoms. The van der Waals surface area contributed by atoms with Gasteiger partial charge in [0.1, 0.15) is 17.4 Å². The molecular weight excluding hydrogens is 524 g/mol. The summed E-state index contributed by atoms with van der Waals surface area (Å²) >= 11 is 5.96. The van der Waals surface area contributed by atoms with Crippen molar-refractivity contribution >= 4 is 28.4 Å². The van der Waals surface area contributed by atoms with Gasteiger partial charge in [-0.25, -0.2) is 0 Å². The molecule has 0 bridgehead atoms. The van der Waals surface area contributed by atoms with Gasteiger partial charge in [-0.3, -0.25) is 14.5 Å². The number of ether oxygens (including phenoxy) is 2. The molecule has 10 nitrogen and oxygen atoms in total. The fourth-order valence-corrected chi connectivity index (χ4v) is 5.09. The summed E-state index contributed by atoms with van der Waals surface area (Å²) in [5, 5.41) is 25.8. The number of aliphatic hydroxyl groups is 2. The summed E-state index contributed by atoms with van der Waals surface area (Å²) in [5.41, 5.74) is 2.17. The molecule has 1 aromatic heterocycles. The Bertz CT molecular complexity index is 1370. The highest BCUT2D eigenvalue weighted by molar-refractivity contribution is 6.30. The number of aliphatic hydroxyl groups excluding tert-OH is 2. The third-order valence-corrected chi connectivity index (χ3v) is 7.23. The molecule has 208 valence electrons. The van der Waals surface area contributed by atoms with E-state index < -0.39 is 12.0 Å². The topological polar surface area (TPSA) is 125 Å². The van der Waals surface area contributed by atoms with Crippen LogP contribution in [0.4, 0.5) is 0 Å². The molecule has 0 spiro atoms. The fraction of sp³-hybridized carbons (Fsp3) is 0.429. The van der Waals surface area contributed by atoms with Crippen LogP contribution in [-0.2, 0) is 24.4 Å². The molecule has 0 radical (unpaired) electrons. The molecule has 3 aromatic rings. The Morgan fingerprint density at radius 1 is 1.15 bits per heavy atom. The Morgan fingerprint density at radius 3 is 2.67 bits per heavy atom. The number of morpholine rings is 1. The number of hydrogen-bond donors (Lipinski definition) is 4. The van der Waals surface area contributed by atoms with Crippen molar-refractivity contribution in [2.45, 2.75) is 31.8 Å². The molecule has 1 saturated heterocycles. The summed E-state index contributed by atoms with van der Waals surface area (Å²) < 4.78 is 13.7. The molecule has 1 amide bonds. The Kier molecular flexibility index (Phi) is 8.81. The first kappa shape index (κ1) is 27.6. The van der Waals surface area contributed by atoms with Gasteiger partial charge < -0.3 is 34.9 Å². The van der Waals surface area contributed by atoms with Crippen molar-refractivity contribution in [2.24, 2.45) is 0 Å². The molecule has 0 saturated carbocycles. The SMILES string of the molecule is O=C(NCc1ccc(Cl)cc1)c1cn2c3c(cc(CN4CCOCC4)cc3c1=O)OC(CNCC(O)CO)C2. The van der Waals surface area contributed by atoms with Gasteiger partial charge in [-0.05, 0) is 35.4 Å². The first-order valence-corrected chi connectivity index (χ1v) is 13.5. The predicted octanol–water partition coefficient (Wildman–Crippen LogP) is 1.12. The van der Waals surface area contributed by atoms with Crippen LogP contribution in [0.1, 0.15) is 21.5 Å². The fourth-order valence-electron chi connectivity index (χ4n) is 4.96. The zero-order valence-corrected chi connectivity index (χ0v) is 22.3. The van der Waals surface area contributed by atoms with Gasteiger partial charge in [-0.15, -0.1) is 0 Å². The van der Waals surface area contributed by atoms with Gasteiger partial charge in [-0.2, -0.15) is 0 Å². The highest BCUT2D eigenvalue weighted by Gasteiger charge is 2.26. The number of benzene rings is 2. The van der Waals surface area contributed by atoms with Crippen LogP contribution in [0.2, 0.25) is 5.02 Å². The Hall–Kier alpha value is -2.99. The van der Waals surface area contributed by atoms with E-state index >= 15 is 0 Å². The molecule has 4 N–H and O–H groups in total. The number of carbonyl (C=O) groups excluding carboxylic acids is 1. The molecular formula is C28H33ClN4O6. The maximum Gasteiger partial charge on any atom is 0.257 e. The van der Waals surface area contributed by atoms with Crippen molar-refractivity contribution in [1.82, 2.24) is 20.1 Å². The number of nitrogens with zero attached hydrogens (tertiary/aromatic N) is 2. The van der Waals surface area contributed by atoms with Crippen LogP contribution in [-0.4, -0.2) is 83.8 Å². The van der Waals surface area contributed by atoms with Gasteiger partial charge in [0.2, 0.25) is 5.43 Å². The summed E-state index contributed by atoms with van der Waals surface area (Å²) in [4.78, 5) is 29.1. The van der Waals surface area contributed by atoms with E-state index in [9.17, 15) is 14.7 Å². The van der Waals surface area contributed by atoms with Crippen LogP contribution in [0.15, 0.2) is 47.4 Å². The van der Waals surface area contributed by atoms with Crippen LogP contribution < -0.4 is 20.8 Å². The van der Waals surface area contributed by atoms with E-state index in [2.05, 4.69) is 15.5 Å². The lowest BCUT2D eigenvalue weighted by atomic mass is 10.0. The van der Waals surface area contributed by atoms with Crippen molar-refractivity contribution < 1.29 is 24.5 Å². The molecule has 2 atom stereocenters. The Morgan fingerprint density at radius 2 is 1.92 bits per heavy atom. The van der Waals surface area contributed by atoms with Crippen molar-refractivity contribution in [2.75, 3.05) is 46.0 Å². The molecule has 2 unspecified atom stereocenters. The maximum absolute atomic E-state index is 13.6. The van der Waals surface area contributed by atoms with Crippen LogP contribution in [0.3, 0.4) is 0 Å². The van der Waals surface area contributed by atoms with Crippen LogP contribution in [0, 0.1) is 0 Å². The van der Waals surface area contributed by atoms with E-state index in [1.54, 1.807) is 18.3 Å². The second kappa shape index (κ2) is 12.5. The minimum absolute atomic E-state index is 0.0650. The number of aromatic nitrogens is 1. The first-order chi connectivity index (χ1) is 18.9. The number of amides is 1. The molecule has 3 heterocycles. The van der Waals surface area contributed by atoms with Gasteiger partial charge in [-0.1, -0.05) is 23.7 Å². The molecule has 0 aliphatic carbocycles. The van der Waals surface area contributed by atoms with E-state index in [1.807, 2.05) is 28.8 Å². The first-order valence-electron chi connectivity index (χ1n) is 13.1. The predicted molar refractivity (Wildman–Crippen MR) is 147 cm³/mol. The molecule has 11 heteroatoms. The summed E-state index contributed by atoms with van der Waals surface area (Å²) in [5.74, 6) is 0.134. The number of halogens is 1. The monoisotopic (exact) mass is 556 g/mol. The number of pyridine rings is 1. The lowest BCUT2D eigenvalue weighted by Crippen LogP contribution is -2.41. The average molecular weight is 557 g/mol. The van der Waals surface area contributed by atoms with Gasteiger partial charge in [0.05, 0.1) is 43.4 Å². The third-order valence-electron chi connectivity index (χ3n) is 6.97. The highest BCUT2D eigenvalue weighted by Crippen LogP contribution is 2.32. The van der Waals surface area contributed by atoms with Gasteiger partial charge in [0.25, 0.3) is 5.91 Å². The summed E-state index contributed by atoms with van der Waals surface area (Å²) in [6.07, 6.45) is 0.430. The third kappa shape index (κ3) is 6.60. The quantitative estimate of drug-likeness (QED) is 0.293. The number of hydrogen-bond acceptors (Lipinski definition) is 8. The van der Waals surface area contributed by atoms with Crippen molar-refractivity contribution in [3.05, 3.63) is 74.5 Å². The van der Waals surface area contributed by atoms with E-state index in [0.717, 1.165) is 24.2 Å². The lowest BCUT2D eigenvalue weighted by molar-refractivity contribution is 0.0341. The Balaban J connectivity index is 1.45. The van der Waals surface area contributed by atoms with Crippen LogP contribution in [0.5, 0.6) is 5.75 Å². The second-order valence-electron chi connectivity index (χ2n) is 9.95. The van der Waals surface area contributed by atoms with Gasteiger partial charge in [0, 0.05) is 50.5 Å². The number of carbonyl (C=O) groups is 1. The zero-order chi connectivity index (χ0) is 27.4. The summed E-state index contributed by atoms with van der Waals surface area (Å²) in [6.45, 7) is 4.52. The van der Waals surface area contributed by atoms with Gasteiger partial charge >= 0.3 is 0 Å². The minimum Gasteiger partial charge on any atom is -0.485 e. The molecule has 5 rings (SSSR count). The average Bonchev–Trinajstić information content (AvgIpc) is 2.94. The molecule has 1 fully saturated rings. The van der Waals surface area contributed by atoms with E-state index in [0.29, 0.717) is 54.5 Å². The minimum atomic E-state index is -0.865. The number of rotatable bonds is 10.